The number of carbonyl (C=O) groups excluding carboxylic acids is 1. The summed E-state index contributed by atoms with van der Waals surface area (Å²) in [5.41, 5.74) is 1.11. The summed E-state index contributed by atoms with van der Waals surface area (Å²) < 4.78 is 0. The molecular formula is C14H17NO3. The Hall–Kier alpha value is -1.84. The third kappa shape index (κ3) is 3.58. The smallest absolute Gasteiger partial charge is 0.323 e. The van der Waals surface area contributed by atoms with Crippen LogP contribution in [0.25, 0.3) is 0 Å². The number of carboxylic acids is 1. The van der Waals surface area contributed by atoms with Crippen LogP contribution in [0.5, 0.6) is 0 Å². The third-order valence-corrected chi connectivity index (χ3v) is 3.08. The standard InChI is InChI=1S/C14H17NO3/c16-13(9-6-11-4-2-1-3-5-11)15(10-14(17)18)12-7-8-12/h1-5,12H,6-10H2,(H,17,18). The van der Waals surface area contributed by atoms with Crippen molar-refractivity contribution in [3.63, 3.8) is 0 Å². The van der Waals surface area contributed by atoms with Gasteiger partial charge in [0.2, 0.25) is 5.91 Å². The lowest BCUT2D eigenvalue weighted by Gasteiger charge is -2.20. The number of amides is 1. The van der Waals surface area contributed by atoms with E-state index in [9.17, 15) is 9.59 Å². The van der Waals surface area contributed by atoms with Gasteiger partial charge in [0, 0.05) is 12.5 Å². The Morgan fingerprint density at radius 1 is 1.22 bits per heavy atom. The van der Waals surface area contributed by atoms with Gasteiger partial charge in [0.15, 0.2) is 0 Å². The lowest BCUT2D eigenvalue weighted by Crippen LogP contribution is -2.37. The van der Waals surface area contributed by atoms with Gasteiger partial charge in [-0.05, 0) is 24.8 Å². The predicted octanol–water partition coefficient (Wildman–Crippen LogP) is 1.69. The van der Waals surface area contributed by atoms with Crippen LogP contribution in [0.2, 0.25) is 0 Å². The summed E-state index contributed by atoms with van der Waals surface area (Å²) in [6.07, 6.45) is 2.92. The molecule has 1 aromatic rings. The van der Waals surface area contributed by atoms with Crippen molar-refractivity contribution in [2.45, 2.75) is 31.7 Å². The summed E-state index contributed by atoms with van der Waals surface area (Å²) in [5, 5.41) is 8.80. The molecule has 1 aromatic carbocycles. The summed E-state index contributed by atoms with van der Waals surface area (Å²) in [6, 6.07) is 9.93. The summed E-state index contributed by atoms with van der Waals surface area (Å²) in [6.45, 7) is -0.168. The molecule has 4 nitrogen and oxygen atoms in total. The highest BCUT2D eigenvalue weighted by molar-refractivity contribution is 5.82. The Labute approximate surface area is 106 Å². The van der Waals surface area contributed by atoms with Gasteiger partial charge in [-0.3, -0.25) is 9.59 Å². The van der Waals surface area contributed by atoms with Crippen LogP contribution in [-0.4, -0.2) is 34.5 Å². The van der Waals surface area contributed by atoms with Gasteiger partial charge < -0.3 is 10.0 Å². The molecule has 0 saturated heterocycles. The molecule has 96 valence electrons. The first-order valence-electron chi connectivity index (χ1n) is 6.22. The largest absolute Gasteiger partial charge is 0.480 e. The molecule has 0 aromatic heterocycles. The van der Waals surface area contributed by atoms with E-state index in [1.165, 1.54) is 4.90 Å². The second kappa shape index (κ2) is 5.67. The quantitative estimate of drug-likeness (QED) is 0.832. The molecule has 0 heterocycles. The van der Waals surface area contributed by atoms with Crippen molar-refractivity contribution in [2.24, 2.45) is 0 Å². The van der Waals surface area contributed by atoms with Crippen molar-refractivity contribution in [3.05, 3.63) is 35.9 Å². The fourth-order valence-electron chi connectivity index (χ4n) is 1.99. The van der Waals surface area contributed by atoms with Gasteiger partial charge in [-0.2, -0.15) is 0 Å². The van der Waals surface area contributed by atoms with E-state index >= 15 is 0 Å². The van der Waals surface area contributed by atoms with Crippen molar-refractivity contribution >= 4 is 11.9 Å². The zero-order valence-electron chi connectivity index (χ0n) is 10.2. The normalized spacial score (nSPS) is 14.2. The van der Waals surface area contributed by atoms with Gasteiger partial charge in [0.1, 0.15) is 6.54 Å². The number of benzene rings is 1. The number of nitrogens with zero attached hydrogens (tertiary/aromatic N) is 1. The van der Waals surface area contributed by atoms with E-state index in [1.807, 2.05) is 30.3 Å². The minimum Gasteiger partial charge on any atom is -0.480 e. The Morgan fingerprint density at radius 3 is 2.44 bits per heavy atom. The van der Waals surface area contributed by atoms with E-state index in [-0.39, 0.29) is 18.5 Å². The zero-order chi connectivity index (χ0) is 13.0. The summed E-state index contributed by atoms with van der Waals surface area (Å²) >= 11 is 0. The molecule has 0 radical (unpaired) electrons. The van der Waals surface area contributed by atoms with Crippen molar-refractivity contribution in [2.75, 3.05) is 6.54 Å². The van der Waals surface area contributed by atoms with E-state index in [4.69, 9.17) is 5.11 Å². The van der Waals surface area contributed by atoms with Crippen molar-refractivity contribution in [1.29, 1.82) is 0 Å². The van der Waals surface area contributed by atoms with Gasteiger partial charge >= 0.3 is 5.97 Å². The molecule has 4 heteroatoms. The highest BCUT2D eigenvalue weighted by atomic mass is 16.4. The Bertz CT molecular complexity index is 426. The molecule has 0 unspecified atom stereocenters. The number of carboxylic acid groups (broad SMARTS) is 1. The molecule has 1 fully saturated rings. The van der Waals surface area contributed by atoms with Crippen molar-refractivity contribution in [3.8, 4) is 0 Å². The third-order valence-electron chi connectivity index (χ3n) is 3.08. The average molecular weight is 247 g/mol. The van der Waals surface area contributed by atoms with Crippen LogP contribution in [0.4, 0.5) is 0 Å². The van der Waals surface area contributed by atoms with Gasteiger partial charge in [0.25, 0.3) is 0 Å². The van der Waals surface area contributed by atoms with Gasteiger partial charge in [-0.1, -0.05) is 30.3 Å². The topological polar surface area (TPSA) is 57.6 Å². The van der Waals surface area contributed by atoms with Crippen LogP contribution in [0.3, 0.4) is 0 Å². The second-order valence-corrected chi connectivity index (χ2v) is 4.63. The first kappa shape index (κ1) is 12.6. The maximum absolute atomic E-state index is 12.0. The number of carbonyl (C=O) groups is 2. The zero-order valence-corrected chi connectivity index (χ0v) is 10.2. The fourth-order valence-corrected chi connectivity index (χ4v) is 1.99. The van der Waals surface area contributed by atoms with Crippen LogP contribution in [0.1, 0.15) is 24.8 Å². The van der Waals surface area contributed by atoms with Crippen LogP contribution in [-0.2, 0) is 16.0 Å². The number of aliphatic carboxylic acids is 1. The van der Waals surface area contributed by atoms with E-state index < -0.39 is 5.97 Å². The first-order chi connectivity index (χ1) is 8.66. The first-order valence-corrected chi connectivity index (χ1v) is 6.22. The minimum atomic E-state index is -0.935. The number of rotatable bonds is 6. The highest BCUT2D eigenvalue weighted by Crippen LogP contribution is 2.27. The number of aryl methyl sites for hydroxylation is 1. The molecule has 0 bridgehead atoms. The Kier molecular flexibility index (Phi) is 3.97. The van der Waals surface area contributed by atoms with Crippen LogP contribution >= 0.6 is 0 Å². The van der Waals surface area contributed by atoms with E-state index in [0.29, 0.717) is 12.8 Å². The molecule has 1 aliphatic rings. The lowest BCUT2D eigenvalue weighted by atomic mass is 10.1. The molecule has 1 amide bonds. The average Bonchev–Trinajstić information content (AvgIpc) is 3.18. The van der Waals surface area contributed by atoms with E-state index in [1.54, 1.807) is 0 Å². The predicted molar refractivity (Wildman–Crippen MR) is 67.1 cm³/mol. The van der Waals surface area contributed by atoms with E-state index in [0.717, 1.165) is 18.4 Å². The monoisotopic (exact) mass is 247 g/mol. The van der Waals surface area contributed by atoms with Crippen LogP contribution < -0.4 is 0 Å². The second-order valence-electron chi connectivity index (χ2n) is 4.63. The van der Waals surface area contributed by atoms with Crippen LogP contribution in [0, 0.1) is 0 Å². The summed E-state index contributed by atoms with van der Waals surface area (Å²) in [5.74, 6) is -0.987. The molecule has 1 saturated carbocycles. The molecule has 1 aliphatic carbocycles. The van der Waals surface area contributed by atoms with Crippen molar-refractivity contribution < 1.29 is 14.7 Å². The fraction of sp³-hybridized carbons (Fsp3) is 0.429. The minimum absolute atomic E-state index is 0.0521. The van der Waals surface area contributed by atoms with Crippen molar-refractivity contribution in [1.82, 2.24) is 4.90 Å². The molecular weight excluding hydrogens is 230 g/mol. The highest BCUT2D eigenvalue weighted by Gasteiger charge is 2.33. The van der Waals surface area contributed by atoms with Gasteiger partial charge in [-0.25, -0.2) is 0 Å². The maximum atomic E-state index is 12.0. The molecule has 0 spiro atoms. The van der Waals surface area contributed by atoms with E-state index in [2.05, 4.69) is 0 Å². The Morgan fingerprint density at radius 2 is 1.89 bits per heavy atom. The molecule has 1 N–H and O–H groups in total. The van der Waals surface area contributed by atoms with Crippen LogP contribution in [0.15, 0.2) is 30.3 Å². The molecule has 0 atom stereocenters. The van der Waals surface area contributed by atoms with Gasteiger partial charge in [0.05, 0.1) is 0 Å². The maximum Gasteiger partial charge on any atom is 0.323 e. The molecule has 0 aliphatic heterocycles. The number of hydrogen-bond donors (Lipinski definition) is 1. The lowest BCUT2D eigenvalue weighted by molar-refractivity contribution is -0.144. The summed E-state index contributed by atoms with van der Waals surface area (Å²) in [4.78, 5) is 24.2. The number of hydrogen-bond acceptors (Lipinski definition) is 2. The molecule has 18 heavy (non-hydrogen) atoms. The molecule has 2 rings (SSSR count). The SMILES string of the molecule is O=C(O)CN(C(=O)CCc1ccccc1)C1CC1. The summed E-state index contributed by atoms with van der Waals surface area (Å²) in [7, 11) is 0. The Balaban J connectivity index is 1.87. The van der Waals surface area contributed by atoms with Gasteiger partial charge in [-0.15, -0.1) is 0 Å².